The fourth-order valence-electron chi connectivity index (χ4n) is 2.64. The van der Waals surface area contributed by atoms with Gasteiger partial charge in [0.15, 0.2) is 0 Å². The van der Waals surface area contributed by atoms with Gasteiger partial charge in [-0.25, -0.2) is 0 Å². The van der Waals surface area contributed by atoms with Crippen LogP contribution >= 0.6 is 0 Å². The van der Waals surface area contributed by atoms with Crippen LogP contribution in [0.15, 0.2) is 54.6 Å². The van der Waals surface area contributed by atoms with E-state index in [2.05, 4.69) is 29.7 Å². The molecule has 0 spiro atoms. The number of carbonyl (C=O) groups is 2. The minimum Gasteiger partial charge on any atom is -0.352 e. The van der Waals surface area contributed by atoms with Crippen LogP contribution in [0.25, 0.3) is 0 Å². The first-order chi connectivity index (χ1) is 12.3. The van der Waals surface area contributed by atoms with Gasteiger partial charge in [-0.2, -0.15) is 0 Å². The number of rotatable bonds is 6. The normalized spacial score (nSPS) is 12.3. The molecule has 4 heteroatoms. The third-order valence-electron chi connectivity index (χ3n) is 4.13. The predicted molar refractivity (Wildman–Crippen MR) is 105 cm³/mol. The van der Waals surface area contributed by atoms with Crippen molar-refractivity contribution in [2.45, 2.75) is 45.6 Å². The Morgan fingerprint density at radius 1 is 0.885 bits per heavy atom. The van der Waals surface area contributed by atoms with Gasteiger partial charge in [0, 0.05) is 23.2 Å². The SMILES string of the molecule is CC(CCNC(=O)c1ccc(C(=O)NC(C)(C)C)cc1)c1ccccc1. The number of amides is 2. The van der Waals surface area contributed by atoms with E-state index in [1.165, 1.54) is 5.56 Å². The highest BCUT2D eigenvalue weighted by molar-refractivity contribution is 5.98. The van der Waals surface area contributed by atoms with Crippen molar-refractivity contribution in [3.8, 4) is 0 Å². The van der Waals surface area contributed by atoms with E-state index in [-0.39, 0.29) is 17.4 Å². The quantitative estimate of drug-likeness (QED) is 0.821. The van der Waals surface area contributed by atoms with E-state index in [0.29, 0.717) is 23.6 Å². The van der Waals surface area contributed by atoms with Crippen molar-refractivity contribution in [2.24, 2.45) is 0 Å². The van der Waals surface area contributed by atoms with Crippen LogP contribution in [0.2, 0.25) is 0 Å². The first kappa shape index (κ1) is 19.7. The van der Waals surface area contributed by atoms with Crippen molar-refractivity contribution < 1.29 is 9.59 Å². The lowest BCUT2D eigenvalue weighted by Crippen LogP contribution is -2.40. The molecule has 4 nitrogen and oxygen atoms in total. The van der Waals surface area contributed by atoms with E-state index in [9.17, 15) is 9.59 Å². The average Bonchev–Trinajstić information content (AvgIpc) is 2.61. The topological polar surface area (TPSA) is 58.2 Å². The maximum absolute atomic E-state index is 12.3. The van der Waals surface area contributed by atoms with Gasteiger partial charge in [-0.05, 0) is 62.9 Å². The number of hydrogen-bond donors (Lipinski definition) is 2. The van der Waals surface area contributed by atoms with Gasteiger partial charge in [0.05, 0.1) is 0 Å². The van der Waals surface area contributed by atoms with Gasteiger partial charge in [-0.3, -0.25) is 9.59 Å². The third-order valence-corrected chi connectivity index (χ3v) is 4.13. The number of nitrogens with one attached hydrogen (secondary N) is 2. The molecule has 1 unspecified atom stereocenters. The Hall–Kier alpha value is -2.62. The predicted octanol–water partition coefficient (Wildman–Crippen LogP) is 4.14. The Morgan fingerprint density at radius 3 is 1.96 bits per heavy atom. The van der Waals surface area contributed by atoms with Crippen LogP contribution < -0.4 is 10.6 Å². The highest BCUT2D eigenvalue weighted by atomic mass is 16.2. The molecule has 0 saturated carbocycles. The molecule has 2 aromatic rings. The van der Waals surface area contributed by atoms with Crippen molar-refractivity contribution in [1.29, 1.82) is 0 Å². The van der Waals surface area contributed by atoms with Crippen molar-refractivity contribution in [3.05, 3.63) is 71.3 Å². The molecule has 26 heavy (non-hydrogen) atoms. The smallest absolute Gasteiger partial charge is 0.251 e. The zero-order chi connectivity index (χ0) is 19.2. The molecule has 2 N–H and O–H groups in total. The van der Waals surface area contributed by atoms with Crippen LogP contribution in [0.3, 0.4) is 0 Å². The molecule has 0 aromatic heterocycles. The Morgan fingerprint density at radius 2 is 1.42 bits per heavy atom. The average molecular weight is 352 g/mol. The van der Waals surface area contributed by atoms with Crippen molar-refractivity contribution in [2.75, 3.05) is 6.54 Å². The second-order valence-corrected chi connectivity index (χ2v) is 7.64. The van der Waals surface area contributed by atoms with E-state index in [1.54, 1.807) is 24.3 Å². The molecule has 0 radical (unpaired) electrons. The number of benzene rings is 2. The molecule has 0 saturated heterocycles. The summed E-state index contributed by atoms with van der Waals surface area (Å²) in [6.45, 7) is 8.57. The van der Waals surface area contributed by atoms with Gasteiger partial charge in [-0.15, -0.1) is 0 Å². The van der Waals surface area contributed by atoms with E-state index in [0.717, 1.165) is 6.42 Å². The van der Waals surface area contributed by atoms with Crippen LogP contribution in [-0.4, -0.2) is 23.9 Å². The van der Waals surface area contributed by atoms with E-state index in [1.807, 2.05) is 39.0 Å². The number of carbonyl (C=O) groups excluding carboxylic acids is 2. The molecular formula is C22H28N2O2. The molecule has 0 aliphatic rings. The first-order valence-corrected chi connectivity index (χ1v) is 9.02. The van der Waals surface area contributed by atoms with Gasteiger partial charge in [0.2, 0.25) is 0 Å². The van der Waals surface area contributed by atoms with Crippen molar-refractivity contribution in [3.63, 3.8) is 0 Å². The molecule has 0 aliphatic carbocycles. The lowest BCUT2D eigenvalue weighted by Gasteiger charge is -2.20. The molecule has 0 bridgehead atoms. The Labute approximate surface area is 156 Å². The van der Waals surface area contributed by atoms with Gasteiger partial charge >= 0.3 is 0 Å². The third kappa shape index (κ3) is 6.03. The second-order valence-electron chi connectivity index (χ2n) is 7.64. The maximum atomic E-state index is 12.3. The summed E-state index contributed by atoms with van der Waals surface area (Å²) in [5.41, 5.74) is 2.09. The summed E-state index contributed by atoms with van der Waals surface area (Å²) in [7, 11) is 0. The maximum Gasteiger partial charge on any atom is 0.251 e. The zero-order valence-corrected chi connectivity index (χ0v) is 16.0. The lowest BCUT2D eigenvalue weighted by atomic mass is 9.98. The van der Waals surface area contributed by atoms with Crippen LogP contribution in [-0.2, 0) is 0 Å². The van der Waals surface area contributed by atoms with Crippen LogP contribution in [0.1, 0.15) is 66.3 Å². The highest BCUT2D eigenvalue weighted by Gasteiger charge is 2.15. The minimum atomic E-state index is -0.289. The molecule has 0 aliphatic heterocycles. The van der Waals surface area contributed by atoms with Crippen LogP contribution in [0, 0.1) is 0 Å². The fraction of sp³-hybridized carbons (Fsp3) is 0.364. The van der Waals surface area contributed by atoms with Crippen LogP contribution in [0.4, 0.5) is 0 Å². The van der Waals surface area contributed by atoms with E-state index in [4.69, 9.17) is 0 Å². The van der Waals surface area contributed by atoms with Crippen molar-refractivity contribution in [1.82, 2.24) is 10.6 Å². The van der Waals surface area contributed by atoms with Gasteiger partial charge < -0.3 is 10.6 Å². The van der Waals surface area contributed by atoms with Gasteiger partial charge in [0.1, 0.15) is 0 Å². The zero-order valence-electron chi connectivity index (χ0n) is 16.0. The Balaban J connectivity index is 1.85. The minimum absolute atomic E-state index is 0.118. The summed E-state index contributed by atoms with van der Waals surface area (Å²) < 4.78 is 0. The van der Waals surface area contributed by atoms with Gasteiger partial charge in [-0.1, -0.05) is 37.3 Å². The largest absolute Gasteiger partial charge is 0.352 e. The summed E-state index contributed by atoms with van der Waals surface area (Å²) in [4.78, 5) is 24.4. The Kier molecular flexibility index (Phi) is 6.56. The molecule has 0 fully saturated rings. The van der Waals surface area contributed by atoms with Crippen LogP contribution in [0.5, 0.6) is 0 Å². The van der Waals surface area contributed by atoms with E-state index >= 15 is 0 Å². The lowest BCUT2D eigenvalue weighted by molar-refractivity contribution is 0.0915. The standard InChI is InChI=1S/C22H28N2O2/c1-16(17-8-6-5-7-9-17)14-15-23-20(25)18-10-12-19(13-11-18)21(26)24-22(2,3)4/h5-13,16H,14-15H2,1-4H3,(H,23,25)(H,24,26). The molecule has 2 aromatic carbocycles. The monoisotopic (exact) mass is 352 g/mol. The summed E-state index contributed by atoms with van der Waals surface area (Å²) in [5.74, 6) is 0.133. The molecule has 1 atom stereocenters. The molecule has 0 heterocycles. The number of hydrogen-bond acceptors (Lipinski definition) is 2. The van der Waals surface area contributed by atoms with E-state index < -0.39 is 0 Å². The summed E-state index contributed by atoms with van der Waals surface area (Å²) in [6.07, 6.45) is 0.877. The molecule has 2 rings (SSSR count). The molecule has 138 valence electrons. The fourth-order valence-corrected chi connectivity index (χ4v) is 2.64. The summed E-state index contributed by atoms with van der Waals surface area (Å²) >= 11 is 0. The summed E-state index contributed by atoms with van der Waals surface area (Å²) in [5, 5.41) is 5.85. The molecule has 2 amide bonds. The first-order valence-electron chi connectivity index (χ1n) is 9.02. The second kappa shape index (κ2) is 8.65. The van der Waals surface area contributed by atoms with Gasteiger partial charge in [0.25, 0.3) is 11.8 Å². The summed E-state index contributed by atoms with van der Waals surface area (Å²) in [6, 6.07) is 17.0. The van der Waals surface area contributed by atoms with Crippen molar-refractivity contribution >= 4 is 11.8 Å². The highest BCUT2D eigenvalue weighted by Crippen LogP contribution is 2.17. The molecular weight excluding hydrogens is 324 g/mol. The Bertz CT molecular complexity index is 731.